The van der Waals surface area contributed by atoms with E-state index in [-0.39, 0.29) is 36.6 Å². The molecule has 0 radical (unpaired) electrons. The fraction of sp³-hybridized carbons (Fsp3) is 0.607. The number of fused-ring (bicyclic) bond motifs is 1. The van der Waals surface area contributed by atoms with Crippen LogP contribution in [0.15, 0.2) is 30.6 Å². The number of aryl methyl sites for hydroxylation is 1. The van der Waals surface area contributed by atoms with Crippen LogP contribution in [0.2, 0.25) is 0 Å². The van der Waals surface area contributed by atoms with E-state index in [1.54, 1.807) is 21.8 Å². The number of hydrogen-bond donors (Lipinski definition) is 0. The Labute approximate surface area is 215 Å². The Kier molecular flexibility index (Phi) is 10.0. The molecule has 0 aliphatic carbocycles. The van der Waals surface area contributed by atoms with Gasteiger partial charge in [-0.05, 0) is 74.0 Å². The molecule has 1 aliphatic heterocycles. The van der Waals surface area contributed by atoms with E-state index in [0.717, 1.165) is 38.0 Å². The smallest absolute Gasteiger partial charge is 0.244 e. The second kappa shape index (κ2) is 13.0. The number of carbonyl (C=O) groups is 2. The minimum Gasteiger partial charge on any atom is -0.337 e. The standard InChI is InChI=1S/C28H42FN5O2/c1-21(2)14-27(35)34-13-7-11-31(17-22(3)4)10-6-12-32(19-24-15-25(29)8-9-26(24)34)28(36)20-33-18-23(5)16-30-33/h8-9,15-16,18,21-22H,6-7,10-14,17,19-20H2,1-5H3. The molecule has 1 aliphatic rings. The second-order valence-corrected chi connectivity index (χ2v) is 10.8. The van der Waals surface area contributed by atoms with Crippen LogP contribution in [0.25, 0.3) is 0 Å². The maximum absolute atomic E-state index is 14.4. The molecule has 36 heavy (non-hydrogen) atoms. The number of carbonyl (C=O) groups excluding carboxylic acids is 2. The van der Waals surface area contributed by atoms with Gasteiger partial charge in [0.25, 0.3) is 0 Å². The Bertz CT molecular complexity index is 1020. The molecule has 198 valence electrons. The summed E-state index contributed by atoms with van der Waals surface area (Å²) in [6.07, 6.45) is 5.68. The molecular formula is C28H42FN5O2. The number of anilines is 1. The molecule has 7 nitrogen and oxygen atoms in total. The van der Waals surface area contributed by atoms with E-state index in [2.05, 4.69) is 23.8 Å². The summed E-state index contributed by atoms with van der Waals surface area (Å²) >= 11 is 0. The first-order valence-electron chi connectivity index (χ1n) is 13.2. The third-order valence-corrected chi connectivity index (χ3v) is 6.37. The van der Waals surface area contributed by atoms with Crippen LogP contribution in [-0.4, -0.2) is 64.1 Å². The largest absolute Gasteiger partial charge is 0.337 e. The normalized spacial score (nSPS) is 16.1. The van der Waals surface area contributed by atoms with Gasteiger partial charge >= 0.3 is 0 Å². The van der Waals surface area contributed by atoms with Gasteiger partial charge in [-0.1, -0.05) is 27.7 Å². The molecule has 1 aromatic heterocycles. The molecule has 8 heteroatoms. The monoisotopic (exact) mass is 499 g/mol. The Hall–Kier alpha value is -2.74. The summed E-state index contributed by atoms with van der Waals surface area (Å²) in [4.78, 5) is 32.7. The summed E-state index contributed by atoms with van der Waals surface area (Å²) < 4.78 is 16.1. The van der Waals surface area contributed by atoms with Crippen molar-refractivity contribution in [1.82, 2.24) is 19.6 Å². The number of rotatable bonds is 6. The van der Waals surface area contributed by atoms with E-state index in [9.17, 15) is 14.0 Å². The van der Waals surface area contributed by atoms with Crippen molar-refractivity contribution >= 4 is 17.5 Å². The molecule has 0 saturated heterocycles. The molecule has 0 N–H and O–H groups in total. The van der Waals surface area contributed by atoms with Crippen LogP contribution in [0.5, 0.6) is 0 Å². The number of benzene rings is 1. The Balaban J connectivity index is 1.95. The summed E-state index contributed by atoms with van der Waals surface area (Å²) in [5.41, 5.74) is 2.36. The highest BCUT2D eigenvalue weighted by Gasteiger charge is 2.24. The summed E-state index contributed by atoms with van der Waals surface area (Å²) in [6, 6.07) is 4.57. The van der Waals surface area contributed by atoms with Crippen LogP contribution >= 0.6 is 0 Å². The molecule has 0 fully saturated rings. The van der Waals surface area contributed by atoms with E-state index in [0.29, 0.717) is 36.7 Å². The number of aromatic nitrogens is 2. The lowest BCUT2D eigenvalue weighted by atomic mass is 10.1. The highest BCUT2D eigenvalue weighted by molar-refractivity contribution is 5.94. The van der Waals surface area contributed by atoms with Gasteiger partial charge in [0.1, 0.15) is 12.4 Å². The first-order valence-corrected chi connectivity index (χ1v) is 13.2. The first kappa shape index (κ1) is 27.8. The lowest BCUT2D eigenvalue weighted by Crippen LogP contribution is -2.40. The van der Waals surface area contributed by atoms with E-state index in [1.807, 2.05) is 31.9 Å². The number of hydrogen-bond acceptors (Lipinski definition) is 4. The van der Waals surface area contributed by atoms with Gasteiger partial charge in [0, 0.05) is 44.5 Å². The van der Waals surface area contributed by atoms with E-state index in [1.165, 1.54) is 12.1 Å². The van der Waals surface area contributed by atoms with Crippen LogP contribution in [0.4, 0.5) is 10.1 Å². The Morgan fingerprint density at radius 2 is 1.72 bits per heavy atom. The lowest BCUT2D eigenvalue weighted by Gasteiger charge is -2.32. The van der Waals surface area contributed by atoms with Crippen molar-refractivity contribution in [3.05, 3.63) is 47.5 Å². The highest BCUT2D eigenvalue weighted by atomic mass is 19.1. The average Bonchev–Trinajstić information content (AvgIpc) is 3.19. The van der Waals surface area contributed by atoms with Crippen molar-refractivity contribution in [3.8, 4) is 0 Å². The SMILES string of the molecule is Cc1cnn(CC(=O)N2CCCN(CC(C)C)CCCN(C(=O)CC(C)C)c3ccc(F)cc3C2)c1. The number of nitrogens with zero attached hydrogens (tertiary/aromatic N) is 5. The fourth-order valence-corrected chi connectivity index (χ4v) is 4.82. The maximum Gasteiger partial charge on any atom is 0.244 e. The predicted octanol–water partition coefficient (Wildman–Crippen LogP) is 4.49. The van der Waals surface area contributed by atoms with Crippen molar-refractivity contribution < 1.29 is 14.0 Å². The minimum atomic E-state index is -0.365. The summed E-state index contributed by atoms with van der Waals surface area (Å²) in [5, 5.41) is 4.27. The van der Waals surface area contributed by atoms with Gasteiger partial charge in [-0.2, -0.15) is 5.10 Å². The van der Waals surface area contributed by atoms with E-state index >= 15 is 0 Å². The van der Waals surface area contributed by atoms with Crippen LogP contribution in [-0.2, 0) is 22.7 Å². The highest BCUT2D eigenvalue weighted by Crippen LogP contribution is 2.26. The summed E-state index contributed by atoms with van der Waals surface area (Å²) in [6.45, 7) is 14.7. The molecule has 2 aromatic rings. The lowest BCUT2D eigenvalue weighted by molar-refractivity contribution is -0.132. The predicted molar refractivity (Wildman–Crippen MR) is 141 cm³/mol. The van der Waals surface area contributed by atoms with Crippen molar-refractivity contribution in [2.24, 2.45) is 11.8 Å². The third kappa shape index (κ3) is 8.15. The molecule has 0 bridgehead atoms. The molecular weight excluding hydrogens is 457 g/mol. The molecule has 2 heterocycles. The zero-order chi connectivity index (χ0) is 26.2. The number of halogens is 1. The van der Waals surface area contributed by atoms with Crippen molar-refractivity contribution in [2.75, 3.05) is 37.6 Å². The quantitative estimate of drug-likeness (QED) is 0.588. The van der Waals surface area contributed by atoms with Crippen molar-refractivity contribution in [2.45, 2.75) is 67.0 Å². The molecule has 2 amide bonds. The van der Waals surface area contributed by atoms with Gasteiger partial charge < -0.3 is 14.7 Å². The third-order valence-electron chi connectivity index (χ3n) is 6.37. The minimum absolute atomic E-state index is 0.0372. The Morgan fingerprint density at radius 1 is 1.00 bits per heavy atom. The van der Waals surface area contributed by atoms with Crippen molar-refractivity contribution in [1.29, 1.82) is 0 Å². The van der Waals surface area contributed by atoms with Crippen LogP contribution < -0.4 is 4.90 Å². The average molecular weight is 500 g/mol. The molecule has 0 spiro atoms. The maximum atomic E-state index is 14.4. The number of amides is 2. The molecule has 0 unspecified atom stereocenters. The Morgan fingerprint density at radius 3 is 2.36 bits per heavy atom. The van der Waals surface area contributed by atoms with Gasteiger partial charge in [-0.3, -0.25) is 14.3 Å². The van der Waals surface area contributed by atoms with Crippen LogP contribution in [0.1, 0.15) is 58.1 Å². The molecule has 3 rings (SSSR count). The zero-order valence-corrected chi connectivity index (χ0v) is 22.5. The zero-order valence-electron chi connectivity index (χ0n) is 22.5. The fourth-order valence-electron chi connectivity index (χ4n) is 4.82. The summed E-state index contributed by atoms with van der Waals surface area (Å²) in [7, 11) is 0. The van der Waals surface area contributed by atoms with Crippen molar-refractivity contribution in [3.63, 3.8) is 0 Å². The van der Waals surface area contributed by atoms with Gasteiger partial charge in [0.15, 0.2) is 0 Å². The topological polar surface area (TPSA) is 61.7 Å². The van der Waals surface area contributed by atoms with Gasteiger partial charge in [-0.25, -0.2) is 4.39 Å². The van der Waals surface area contributed by atoms with Crippen LogP contribution in [0, 0.1) is 24.6 Å². The van der Waals surface area contributed by atoms with E-state index < -0.39 is 0 Å². The van der Waals surface area contributed by atoms with Crippen LogP contribution in [0.3, 0.4) is 0 Å². The van der Waals surface area contributed by atoms with E-state index in [4.69, 9.17) is 0 Å². The second-order valence-electron chi connectivity index (χ2n) is 10.8. The van der Waals surface area contributed by atoms with Gasteiger partial charge in [-0.15, -0.1) is 0 Å². The molecule has 0 atom stereocenters. The molecule has 1 aromatic carbocycles. The summed E-state index contributed by atoms with van der Waals surface area (Å²) in [5.74, 6) is 0.350. The van der Waals surface area contributed by atoms with Gasteiger partial charge in [0.05, 0.1) is 6.20 Å². The van der Waals surface area contributed by atoms with Gasteiger partial charge in [0.2, 0.25) is 11.8 Å². The first-order chi connectivity index (χ1) is 17.1. The molecule has 0 saturated carbocycles.